The predicted octanol–water partition coefficient (Wildman–Crippen LogP) is 6.50. The van der Waals surface area contributed by atoms with Crippen molar-refractivity contribution in [2.24, 2.45) is 5.92 Å². The molecule has 0 N–H and O–H groups in total. The van der Waals surface area contributed by atoms with E-state index in [9.17, 15) is 9.59 Å². The Bertz CT molecular complexity index is 409. The third-order valence-corrected chi connectivity index (χ3v) is 4.93. The van der Waals surface area contributed by atoms with Crippen LogP contribution in [-0.2, 0) is 14.3 Å². The Kier molecular flexibility index (Phi) is 12.4. The number of carbonyl (C=O) groups is 2. The molecule has 3 nitrogen and oxygen atoms in total. The molecule has 1 fully saturated rings. The van der Waals surface area contributed by atoms with E-state index in [-0.39, 0.29) is 6.42 Å². The molecule has 0 atom stereocenters. The van der Waals surface area contributed by atoms with Gasteiger partial charge in [-0.1, -0.05) is 97.0 Å². The van der Waals surface area contributed by atoms with Crippen LogP contribution in [-0.4, -0.2) is 11.9 Å². The Balaban J connectivity index is 1.78. The Hall–Kier alpha value is -1.12. The SMILES string of the molecule is CC(C)CCCCCCCCCCCCCCC=C1CC(=O)OC1=O. The van der Waals surface area contributed by atoms with Crippen molar-refractivity contribution in [3.8, 4) is 0 Å². The number of carbonyl (C=O) groups excluding carboxylic acids is 2. The van der Waals surface area contributed by atoms with Gasteiger partial charge in [-0.25, -0.2) is 4.79 Å². The quantitative estimate of drug-likeness (QED) is 0.146. The van der Waals surface area contributed by atoms with Gasteiger partial charge in [0, 0.05) is 5.57 Å². The highest BCUT2D eigenvalue weighted by atomic mass is 16.6. The fraction of sp³-hybridized carbons (Fsp3) is 0.818. The van der Waals surface area contributed by atoms with E-state index in [1.807, 2.05) is 6.08 Å². The minimum absolute atomic E-state index is 0.163. The van der Waals surface area contributed by atoms with E-state index in [4.69, 9.17) is 0 Å². The van der Waals surface area contributed by atoms with Gasteiger partial charge in [-0.3, -0.25) is 4.79 Å². The predicted molar refractivity (Wildman–Crippen MR) is 103 cm³/mol. The van der Waals surface area contributed by atoms with E-state index in [1.54, 1.807) is 0 Å². The molecule has 25 heavy (non-hydrogen) atoms. The maximum absolute atomic E-state index is 11.3. The molecule has 144 valence electrons. The number of cyclic esters (lactones) is 2. The average molecular weight is 351 g/mol. The highest BCUT2D eigenvalue weighted by Gasteiger charge is 2.26. The first-order chi connectivity index (χ1) is 12.1. The van der Waals surface area contributed by atoms with Crippen LogP contribution in [0, 0.1) is 5.92 Å². The van der Waals surface area contributed by atoms with Crippen molar-refractivity contribution in [1.29, 1.82) is 0 Å². The lowest BCUT2D eigenvalue weighted by Gasteiger charge is -2.04. The van der Waals surface area contributed by atoms with Gasteiger partial charge in [-0.05, 0) is 18.8 Å². The highest BCUT2D eigenvalue weighted by molar-refractivity contribution is 6.05. The summed E-state index contributed by atoms with van der Waals surface area (Å²) in [6.07, 6.45) is 20.4. The van der Waals surface area contributed by atoms with Crippen LogP contribution in [0.25, 0.3) is 0 Å². The monoisotopic (exact) mass is 350 g/mol. The van der Waals surface area contributed by atoms with E-state index in [0.717, 1.165) is 18.8 Å². The van der Waals surface area contributed by atoms with E-state index < -0.39 is 11.9 Å². The number of allylic oxidation sites excluding steroid dienone is 1. The zero-order valence-electron chi connectivity index (χ0n) is 16.5. The molecule has 0 aromatic heterocycles. The number of ether oxygens (including phenoxy) is 1. The molecule has 1 saturated heterocycles. The van der Waals surface area contributed by atoms with E-state index in [1.165, 1.54) is 77.0 Å². The standard InChI is InChI=1S/C22H38O3/c1-19(2)16-14-12-10-8-6-4-3-5-7-9-11-13-15-17-20-18-21(23)25-22(20)24/h17,19H,3-16,18H2,1-2H3. The summed E-state index contributed by atoms with van der Waals surface area (Å²) in [6.45, 7) is 4.62. The van der Waals surface area contributed by atoms with E-state index in [2.05, 4.69) is 18.6 Å². The third kappa shape index (κ3) is 12.0. The van der Waals surface area contributed by atoms with Crippen LogP contribution in [0.5, 0.6) is 0 Å². The Morgan fingerprint density at radius 3 is 1.72 bits per heavy atom. The zero-order chi connectivity index (χ0) is 18.3. The van der Waals surface area contributed by atoms with Gasteiger partial charge in [0.15, 0.2) is 0 Å². The first kappa shape index (κ1) is 21.9. The molecule has 0 aliphatic carbocycles. The Labute approximate surface area is 154 Å². The molecule has 1 aliphatic rings. The molecular weight excluding hydrogens is 312 g/mol. The van der Waals surface area contributed by atoms with Gasteiger partial charge in [0.25, 0.3) is 0 Å². The number of esters is 2. The molecule has 0 aromatic rings. The van der Waals surface area contributed by atoms with E-state index >= 15 is 0 Å². The molecule has 0 saturated carbocycles. The maximum atomic E-state index is 11.3. The van der Waals surface area contributed by atoms with Crippen molar-refractivity contribution >= 4 is 11.9 Å². The minimum Gasteiger partial charge on any atom is -0.389 e. The van der Waals surface area contributed by atoms with Crippen LogP contribution >= 0.6 is 0 Å². The first-order valence-corrected chi connectivity index (χ1v) is 10.5. The van der Waals surface area contributed by atoms with Crippen LogP contribution < -0.4 is 0 Å². The molecular formula is C22H38O3. The third-order valence-electron chi connectivity index (χ3n) is 4.93. The summed E-state index contributed by atoms with van der Waals surface area (Å²) in [7, 11) is 0. The van der Waals surface area contributed by atoms with Crippen LogP contribution in [0.4, 0.5) is 0 Å². The number of hydrogen-bond acceptors (Lipinski definition) is 3. The summed E-state index contributed by atoms with van der Waals surface area (Å²) < 4.78 is 4.51. The fourth-order valence-electron chi connectivity index (χ4n) is 3.33. The summed E-state index contributed by atoms with van der Waals surface area (Å²) in [5.74, 6) is 0.0109. The van der Waals surface area contributed by atoms with Gasteiger partial charge in [-0.15, -0.1) is 0 Å². The molecule has 0 unspecified atom stereocenters. The summed E-state index contributed by atoms with van der Waals surface area (Å²) in [5.41, 5.74) is 0.550. The van der Waals surface area contributed by atoms with Gasteiger partial charge in [0.05, 0.1) is 6.42 Å². The number of hydrogen-bond donors (Lipinski definition) is 0. The first-order valence-electron chi connectivity index (χ1n) is 10.5. The molecule has 3 heteroatoms. The van der Waals surface area contributed by atoms with Gasteiger partial charge < -0.3 is 4.74 Å². The summed E-state index contributed by atoms with van der Waals surface area (Å²) in [6, 6.07) is 0. The molecule has 0 aromatic carbocycles. The lowest BCUT2D eigenvalue weighted by molar-refractivity contribution is -0.151. The van der Waals surface area contributed by atoms with Gasteiger partial charge >= 0.3 is 11.9 Å². The van der Waals surface area contributed by atoms with Crippen LogP contribution in [0.2, 0.25) is 0 Å². The Morgan fingerprint density at radius 1 is 0.800 bits per heavy atom. The lowest BCUT2D eigenvalue weighted by Crippen LogP contribution is -1.96. The smallest absolute Gasteiger partial charge is 0.341 e. The largest absolute Gasteiger partial charge is 0.389 e. The minimum atomic E-state index is -0.440. The molecule has 1 aliphatic heterocycles. The fourth-order valence-corrected chi connectivity index (χ4v) is 3.33. The van der Waals surface area contributed by atoms with Crippen molar-refractivity contribution in [2.45, 2.75) is 110 Å². The zero-order valence-corrected chi connectivity index (χ0v) is 16.5. The average Bonchev–Trinajstić information content (AvgIpc) is 2.88. The van der Waals surface area contributed by atoms with Crippen molar-refractivity contribution < 1.29 is 14.3 Å². The molecule has 0 radical (unpaired) electrons. The number of unbranched alkanes of at least 4 members (excludes halogenated alkanes) is 12. The van der Waals surface area contributed by atoms with Crippen LogP contribution in [0.1, 0.15) is 110 Å². The van der Waals surface area contributed by atoms with Crippen LogP contribution in [0.3, 0.4) is 0 Å². The molecule has 0 amide bonds. The molecule has 1 heterocycles. The summed E-state index contributed by atoms with van der Waals surface area (Å²) in [5, 5.41) is 0. The van der Waals surface area contributed by atoms with Gasteiger partial charge in [0.2, 0.25) is 0 Å². The molecule has 0 spiro atoms. The van der Waals surface area contributed by atoms with Crippen LogP contribution in [0.15, 0.2) is 11.6 Å². The maximum Gasteiger partial charge on any atom is 0.341 e. The highest BCUT2D eigenvalue weighted by Crippen LogP contribution is 2.17. The lowest BCUT2D eigenvalue weighted by atomic mass is 10.0. The summed E-state index contributed by atoms with van der Waals surface area (Å²) in [4.78, 5) is 22.2. The normalized spacial score (nSPS) is 16.2. The van der Waals surface area contributed by atoms with Crippen molar-refractivity contribution in [3.05, 3.63) is 11.6 Å². The van der Waals surface area contributed by atoms with Crippen molar-refractivity contribution in [3.63, 3.8) is 0 Å². The molecule has 0 bridgehead atoms. The second-order valence-electron chi connectivity index (χ2n) is 7.88. The second kappa shape index (κ2) is 14.1. The van der Waals surface area contributed by atoms with Crippen molar-refractivity contribution in [1.82, 2.24) is 0 Å². The van der Waals surface area contributed by atoms with E-state index in [0.29, 0.717) is 5.57 Å². The Morgan fingerprint density at radius 2 is 1.28 bits per heavy atom. The van der Waals surface area contributed by atoms with Gasteiger partial charge in [-0.2, -0.15) is 0 Å². The summed E-state index contributed by atoms with van der Waals surface area (Å²) >= 11 is 0. The molecule has 1 rings (SSSR count). The topological polar surface area (TPSA) is 43.4 Å². The van der Waals surface area contributed by atoms with Crippen molar-refractivity contribution in [2.75, 3.05) is 0 Å². The van der Waals surface area contributed by atoms with Gasteiger partial charge in [0.1, 0.15) is 0 Å². The second-order valence-corrected chi connectivity index (χ2v) is 7.88. The number of rotatable bonds is 15.